The second-order valence-electron chi connectivity index (χ2n) is 9.31. The molecule has 2 aliphatic rings. The average Bonchev–Trinajstić information content (AvgIpc) is 3.36. The molecule has 1 aromatic heterocycles. The third-order valence-electron chi connectivity index (χ3n) is 6.89. The van der Waals surface area contributed by atoms with Crippen molar-refractivity contribution in [2.24, 2.45) is 0 Å². The Labute approximate surface area is 207 Å². The van der Waals surface area contributed by atoms with Crippen molar-refractivity contribution >= 4 is 23.4 Å². The molecule has 1 atom stereocenters. The second-order valence-corrected chi connectivity index (χ2v) is 9.31. The molecule has 0 saturated carbocycles. The third kappa shape index (κ3) is 4.56. The van der Waals surface area contributed by atoms with Gasteiger partial charge < -0.3 is 15.3 Å². The largest absolute Gasteiger partial charge is 0.465 e. The molecule has 2 aromatic carbocycles. The van der Waals surface area contributed by atoms with Crippen LogP contribution in [0.3, 0.4) is 0 Å². The number of piperidine rings is 1. The van der Waals surface area contributed by atoms with Crippen LogP contribution in [-0.4, -0.2) is 52.6 Å². The Balaban J connectivity index is 1.47. The van der Waals surface area contributed by atoms with Crippen molar-refractivity contribution in [3.63, 3.8) is 0 Å². The molecule has 188 valence electrons. The summed E-state index contributed by atoms with van der Waals surface area (Å²) in [5.74, 6) is -1.90. The van der Waals surface area contributed by atoms with Gasteiger partial charge in [-0.2, -0.15) is 5.10 Å². The van der Waals surface area contributed by atoms with Gasteiger partial charge in [-0.25, -0.2) is 13.6 Å². The molecule has 3 heterocycles. The van der Waals surface area contributed by atoms with Crippen LogP contribution in [0.4, 0.5) is 25.0 Å². The summed E-state index contributed by atoms with van der Waals surface area (Å²) >= 11 is 0. The van der Waals surface area contributed by atoms with E-state index >= 15 is 0 Å². The molecule has 0 aliphatic carbocycles. The summed E-state index contributed by atoms with van der Waals surface area (Å²) in [5.41, 5.74) is 2.52. The summed E-state index contributed by atoms with van der Waals surface area (Å²) in [6.07, 6.45) is 4.31. The first-order valence-electron chi connectivity index (χ1n) is 12.0. The topological polar surface area (TPSA) is 90.7 Å². The number of hydrogen-bond acceptors (Lipinski definition) is 4. The van der Waals surface area contributed by atoms with E-state index in [-0.39, 0.29) is 18.5 Å². The van der Waals surface area contributed by atoms with Crippen molar-refractivity contribution in [3.8, 4) is 11.1 Å². The summed E-state index contributed by atoms with van der Waals surface area (Å²) in [4.78, 5) is 28.1. The molecule has 0 unspecified atom stereocenters. The zero-order chi connectivity index (χ0) is 25.4. The van der Waals surface area contributed by atoms with Crippen molar-refractivity contribution in [1.29, 1.82) is 0 Å². The quantitative estimate of drug-likeness (QED) is 0.566. The first-order valence-corrected chi connectivity index (χ1v) is 12.0. The SMILES string of the molecule is C[C@H]1CN(C(=O)O)c2cc(-c3cnn(C4CCNCC4)c3)ccc2N1C(=O)Cc1ccc(F)cc1F. The van der Waals surface area contributed by atoms with Gasteiger partial charge in [0.25, 0.3) is 0 Å². The van der Waals surface area contributed by atoms with E-state index in [4.69, 9.17) is 0 Å². The van der Waals surface area contributed by atoms with E-state index in [1.807, 2.05) is 16.9 Å². The predicted molar refractivity (Wildman–Crippen MR) is 131 cm³/mol. The first-order chi connectivity index (χ1) is 17.3. The van der Waals surface area contributed by atoms with Crippen molar-refractivity contribution < 1.29 is 23.5 Å². The van der Waals surface area contributed by atoms with E-state index in [0.29, 0.717) is 17.4 Å². The molecule has 1 saturated heterocycles. The molecule has 0 spiro atoms. The van der Waals surface area contributed by atoms with E-state index in [0.717, 1.165) is 49.2 Å². The average molecular weight is 496 g/mol. The van der Waals surface area contributed by atoms with Gasteiger partial charge in [0, 0.05) is 24.4 Å². The van der Waals surface area contributed by atoms with Crippen LogP contribution in [0.1, 0.15) is 31.4 Å². The van der Waals surface area contributed by atoms with Gasteiger partial charge in [-0.05, 0) is 62.2 Å². The Bertz CT molecular complexity index is 1300. The molecule has 2 N–H and O–H groups in total. The third-order valence-corrected chi connectivity index (χ3v) is 6.89. The minimum atomic E-state index is -1.12. The van der Waals surface area contributed by atoms with Gasteiger partial charge >= 0.3 is 6.09 Å². The predicted octanol–water partition coefficient (Wildman–Crippen LogP) is 4.22. The number of carbonyl (C=O) groups excluding carboxylic acids is 1. The maximum absolute atomic E-state index is 14.2. The van der Waals surface area contributed by atoms with Crippen LogP contribution in [-0.2, 0) is 11.2 Å². The molecule has 0 bridgehead atoms. The highest BCUT2D eigenvalue weighted by Crippen LogP contribution is 2.39. The van der Waals surface area contributed by atoms with Gasteiger partial charge in [-0.15, -0.1) is 0 Å². The van der Waals surface area contributed by atoms with Gasteiger partial charge in [0.1, 0.15) is 11.6 Å². The van der Waals surface area contributed by atoms with E-state index in [1.54, 1.807) is 25.3 Å². The molecular weight excluding hydrogens is 468 g/mol. The number of benzene rings is 2. The fourth-order valence-electron chi connectivity index (χ4n) is 5.04. The number of carboxylic acid groups (broad SMARTS) is 1. The fourth-order valence-corrected chi connectivity index (χ4v) is 5.04. The Morgan fingerprint density at radius 2 is 1.86 bits per heavy atom. The number of anilines is 2. The van der Waals surface area contributed by atoms with Gasteiger partial charge in [-0.1, -0.05) is 12.1 Å². The molecule has 1 fully saturated rings. The minimum Gasteiger partial charge on any atom is -0.465 e. The molecule has 5 rings (SSSR count). The number of hydrogen-bond donors (Lipinski definition) is 2. The standard InChI is InChI=1S/C26H27F2N5O3/c1-16-14-31(26(35)36)24-10-17(19-13-30-32(15-19)21-6-8-29-9-7-21)3-5-23(24)33(16)25(34)11-18-2-4-20(27)12-22(18)28/h2-5,10,12-13,15-16,21,29H,6-9,11,14H2,1H3,(H,35,36)/t16-/m0/s1. The second kappa shape index (κ2) is 9.69. The van der Waals surface area contributed by atoms with Crippen molar-refractivity contribution in [2.45, 2.75) is 38.3 Å². The van der Waals surface area contributed by atoms with E-state index in [9.17, 15) is 23.5 Å². The highest BCUT2D eigenvalue weighted by atomic mass is 19.1. The van der Waals surface area contributed by atoms with Gasteiger partial charge in [-0.3, -0.25) is 14.4 Å². The number of rotatable bonds is 4. The number of nitrogens with zero attached hydrogens (tertiary/aromatic N) is 4. The lowest BCUT2D eigenvalue weighted by Gasteiger charge is -2.40. The van der Waals surface area contributed by atoms with Crippen LogP contribution in [0.25, 0.3) is 11.1 Å². The lowest BCUT2D eigenvalue weighted by atomic mass is 10.0. The Morgan fingerprint density at radius 3 is 2.58 bits per heavy atom. The van der Waals surface area contributed by atoms with Gasteiger partial charge in [0.2, 0.25) is 5.91 Å². The van der Waals surface area contributed by atoms with Crippen LogP contribution >= 0.6 is 0 Å². The minimum absolute atomic E-state index is 0.0672. The maximum atomic E-state index is 14.2. The number of amides is 2. The van der Waals surface area contributed by atoms with E-state index in [1.165, 1.54) is 15.9 Å². The molecule has 8 nitrogen and oxygen atoms in total. The van der Waals surface area contributed by atoms with E-state index < -0.39 is 29.7 Å². The number of halogens is 2. The Morgan fingerprint density at radius 1 is 1.08 bits per heavy atom. The molecule has 36 heavy (non-hydrogen) atoms. The molecule has 10 heteroatoms. The number of fused-ring (bicyclic) bond motifs is 1. The number of aromatic nitrogens is 2. The number of carbonyl (C=O) groups is 2. The molecule has 2 aliphatic heterocycles. The van der Waals surface area contributed by atoms with Crippen LogP contribution in [0.2, 0.25) is 0 Å². The first kappa shape index (κ1) is 23.9. The normalized spacial score (nSPS) is 18.2. The van der Waals surface area contributed by atoms with Crippen LogP contribution < -0.4 is 15.1 Å². The van der Waals surface area contributed by atoms with Crippen LogP contribution in [0, 0.1) is 11.6 Å². The van der Waals surface area contributed by atoms with E-state index in [2.05, 4.69) is 10.4 Å². The Kier molecular flexibility index (Phi) is 6.44. The smallest absolute Gasteiger partial charge is 0.411 e. The maximum Gasteiger partial charge on any atom is 0.411 e. The summed E-state index contributed by atoms with van der Waals surface area (Å²) in [7, 11) is 0. The summed E-state index contributed by atoms with van der Waals surface area (Å²) in [5, 5.41) is 17.7. The summed E-state index contributed by atoms with van der Waals surface area (Å²) < 4.78 is 29.5. The van der Waals surface area contributed by atoms with Crippen molar-refractivity contribution in [1.82, 2.24) is 15.1 Å². The zero-order valence-corrected chi connectivity index (χ0v) is 19.8. The highest BCUT2D eigenvalue weighted by Gasteiger charge is 2.35. The van der Waals surface area contributed by atoms with Gasteiger partial charge in [0.15, 0.2) is 0 Å². The molecular formula is C26H27F2N5O3. The summed E-state index contributed by atoms with van der Waals surface area (Å²) in [6.45, 7) is 3.69. The molecule has 2 amide bonds. The lowest BCUT2D eigenvalue weighted by molar-refractivity contribution is -0.118. The monoisotopic (exact) mass is 495 g/mol. The molecule has 3 aromatic rings. The highest BCUT2D eigenvalue weighted by molar-refractivity contribution is 6.04. The van der Waals surface area contributed by atoms with Crippen molar-refractivity contribution in [3.05, 3.63) is 66.0 Å². The van der Waals surface area contributed by atoms with Crippen LogP contribution in [0.5, 0.6) is 0 Å². The van der Waals surface area contributed by atoms with Gasteiger partial charge in [0.05, 0.1) is 36.1 Å². The fraction of sp³-hybridized carbons (Fsp3) is 0.346. The Hall–Kier alpha value is -3.79. The lowest BCUT2D eigenvalue weighted by Crippen LogP contribution is -2.52. The zero-order valence-electron chi connectivity index (χ0n) is 19.8. The molecule has 0 radical (unpaired) electrons. The number of nitrogens with one attached hydrogen (secondary N) is 1. The van der Waals surface area contributed by atoms with Crippen LogP contribution in [0.15, 0.2) is 48.8 Å². The van der Waals surface area contributed by atoms with Crippen molar-refractivity contribution in [2.75, 3.05) is 29.4 Å². The summed E-state index contributed by atoms with van der Waals surface area (Å²) in [6, 6.07) is 8.26.